The van der Waals surface area contributed by atoms with E-state index in [4.69, 9.17) is 5.73 Å². The molecule has 39 heavy (non-hydrogen) atoms. The summed E-state index contributed by atoms with van der Waals surface area (Å²) in [6, 6.07) is 0. The monoisotopic (exact) mass is 533 g/mol. The number of aliphatic carboxylic acids is 1. The molecule has 0 aromatic rings. The zero-order chi connectivity index (χ0) is 28.2. The van der Waals surface area contributed by atoms with E-state index < -0.39 is 5.97 Å². The zero-order valence-electron chi connectivity index (χ0n) is 25.7. The second kappa shape index (κ2) is 8.83. The van der Waals surface area contributed by atoms with Crippen molar-refractivity contribution in [1.82, 2.24) is 0 Å². The van der Waals surface area contributed by atoms with Crippen LogP contribution in [0.5, 0.6) is 0 Å². The second-order valence-electron chi connectivity index (χ2n) is 16.5. The maximum atomic E-state index is 11.6. The van der Waals surface area contributed by atoms with E-state index in [2.05, 4.69) is 60.3 Å². The molecule has 0 radical (unpaired) electrons. The van der Waals surface area contributed by atoms with Crippen molar-refractivity contribution in [3.05, 3.63) is 35.5 Å². The Balaban J connectivity index is 1.33. The van der Waals surface area contributed by atoms with Crippen molar-refractivity contribution in [2.75, 3.05) is 0 Å². The summed E-state index contributed by atoms with van der Waals surface area (Å²) in [4.78, 5) is 11.6. The fourth-order valence-electron chi connectivity index (χ4n) is 12.7. The molecule has 0 amide bonds. The van der Waals surface area contributed by atoms with E-state index in [1.54, 1.807) is 0 Å². The highest BCUT2D eigenvalue weighted by molar-refractivity contribution is 5.70. The molecular formula is C36H55NO2. The standard InChI is InChI=1S/C36H55NO2/c1-22(2)25-14-19-36(37)21-20-34(6)27(30(25)36)12-13-29-33(5)17-15-26(23-8-10-24(11-9-23)31(38)39)32(3,4)28(33)16-18-35(29,34)7/h8,15,24-25,27-30H,1,9-14,16-21,37H2,2-7H3,(H,38,39)/t24-,25-,27+,28-,29+,30+,33-,34+,35+,36-/m0/s1. The predicted molar refractivity (Wildman–Crippen MR) is 160 cm³/mol. The maximum Gasteiger partial charge on any atom is 0.306 e. The van der Waals surface area contributed by atoms with Gasteiger partial charge in [0, 0.05) is 5.54 Å². The molecule has 10 atom stereocenters. The Morgan fingerprint density at radius 2 is 1.67 bits per heavy atom. The van der Waals surface area contributed by atoms with Crippen LogP contribution in [0.15, 0.2) is 35.5 Å². The molecule has 3 nitrogen and oxygen atoms in total. The summed E-state index contributed by atoms with van der Waals surface area (Å²) in [5.74, 6) is 2.52. The largest absolute Gasteiger partial charge is 0.481 e. The molecule has 0 aromatic carbocycles. The first-order valence-corrected chi connectivity index (χ1v) is 16.3. The highest BCUT2D eigenvalue weighted by atomic mass is 16.4. The summed E-state index contributed by atoms with van der Waals surface area (Å²) in [6.45, 7) is 19.8. The first-order valence-electron chi connectivity index (χ1n) is 16.3. The SMILES string of the molecule is C=C(C)[C@@H]1CC[C@]2(N)CC[C@]3(C)[C@H](CC[C@@H]4[C@@]5(C)CC=C(C6=CC[C@H](C(=O)O)CC6)C(C)(C)[C@@H]5CC[C@]43C)[C@@H]12. The highest BCUT2D eigenvalue weighted by Crippen LogP contribution is 2.76. The first-order chi connectivity index (χ1) is 18.2. The number of hydrogen-bond donors (Lipinski definition) is 2. The molecule has 3 heteroatoms. The molecule has 216 valence electrons. The lowest BCUT2D eigenvalue weighted by atomic mass is 9.33. The van der Waals surface area contributed by atoms with Crippen LogP contribution in [0.4, 0.5) is 0 Å². The molecule has 0 aliphatic heterocycles. The number of carboxylic acid groups (broad SMARTS) is 1. The van der Waals surface area contributed by atoms with E-state index in [0.717, 1.165) is 24.7 Å². The van der Waals surface area contributed by atoms with Crippen LogP contribution < -0.4 is 5.73 Å². The van der Waals surface area contributed by atoms with Crippen molar-refractivity contribution in [2.45, 2.75) is 124 Å². The molecule has 4 fully saturated rings. The zero-order valence-corrected chi connectivity index (χ0v) is 25.7. The van der Waals surface area contributed by atoms with Crippen molar-refractivity contribution in [1.29, 1.82) is 0 Å². The summed E-state index contributed by atoms with van der Waals surface area (Å²) >= 11 is 0. The van der Waals surface area contributed by atoms with Gasteiger partial charge in [0.05, 0.1) is 5.92 Å². The number of rotatable bonds is 3. The van der Waals surface area contributed by atoms with Gasteiger partial charge < -0.3 is 10.8 Å². The minimum absolute atomic E-state index is 0.0237. The van der Waals surface area contributed by atoms with Crippen molar-refractivity contribution < 1.29 is 9.90 Å². The number of carbonyl (C=O) groups is 1. The minimum atomic E-state index is -0.632. The van der Waals surface area contributed by atoms with Gasteiger partial charge in [0.1, 0.15) is 0 Å². The maximum absolute atomic E-state index is 11.6. The Bertz CT molecular complexity index is 1130. The molecule has 0 bridgehead atoms. The quantitative estimate of drug-likeness (QED) is 0.357. The van der Waals surface area contributed by atoms with E-state index in [9.17, 15) is 9.90 Å². The van der Waals surface area contributed by atoms with E-state index in [-0.39, 0.29) is 16.9 Å². The highest BCUT2D eigenvalue weighted by Gasteiger charge is 2.70. The fourth-order valence-corrected chi connectivity index (χ4v) is 12.7. The van der Waals surface area contributed by atoms with Crippen LogP contribution in [0.3, 0.4) is 0 Å². The second-order valence-corrected chi connectivity index (χ2v) is 16.5. The number of nitrogens with two attached hydrogens (primary N) is 1. The smallest absolute Gasteiger partial charge is 0.306 e. The summed E-state index contributed by atoms with van der Waals surface area (Å²) in [6.07, 6.45) is 18.7. The summed E-state index contributed by atoms with van der Waals surface area (Å²) in [5.41, 5.74) is 12.8. The van der Waals surface area contributed by atoms with Gasteiger partial charge in [-0.05, 0) is 146 Å². The van der Waals surface area contributed by atoms with Gasteiger partial charge in [-0.25, -0.2) is 0 Å². The van der Waals surface area contributed by atoms with Gasteiger partial charge in [0.25, 0.3) is 0 Å². The molecule has 6 aliphatic rings. The Hall–Kier alpha value is -1.35. The van der Waals surface area contributed by atoms with Crippen molar-refractivity contribution in [3.8, 4) is 0 Å². The minimum Gasteiger partial charge on any atom is -0.481 e. The predicted octanol–water partition coefficient (Wildman–Crippen LogP) is 8.70. The Morgan fingerprint density at radius 1 is 0.923 bits per heavy atom. The number of hydrogen-bond acceptors (Lipinski definition) is 2. The third-order valence-corrected chi connectivity index (χ3v) is 14.8. The molecule has 0 aromatic heterocycles. The average molecular weight is 534 g/mol. The fraction of sp³-hybridized carbons (Fsp3) is 0.806. The van der Waals surface area contributed by atoms with Crippen LogP contribution >= 0.6 is 0 Å². The van der Waals surface area contributed by atoms with Gasteiger partial charge in [0.2, 0.25) is 0 Å². The number of allylic oxidation sites excluding steroid dienone is 5. The van der Waals surface area contributed by atoms with E-state index in [0.29, 0.717) is 40.4 Å². The lowest BCUT2D eigenvalue weighted by Gasteiger charge is -2.72. The molecule has 0 heterocycles. The third-order valence-electron chi connectivity index (χ3n) is 14.8. The molecule has 0 spiro atoms. The summed E-state index contributed by atoms with van der Waals surface area (Å²) in [5, 5.41) is 9.51. The third kappa shape index (κ3) is 3.66. The van der Waals surface area contributed by atoms with Gasteiger partial charge in [-0.1, -0.05) is 58.9 Å². The topological polar surface area (TPSA) is 63.3 Å². The normalized spacial score (nSPS) is 50.4. The number of carboxylic acids is 1. The Morgan fingerprint density at radius 3 is 2.31 bits per heavy atom. The van der Waals surface area contributed by atoms with Crippen LogP contribution in [0.25, 0.3) is 0 Å². The van der Waals surface area contributed by atoms with Crippen LogP contribution in [0, 0.1) is 57.2 Å². The first kappa shape index (κ1) is 27.8. The summed E-state index contributed by atoms with van der Waals surface area (Å²) in [7, 11) is 0. The summed E-state index contributed by atoms with van der Waals surface area (Å²) < 4.78 is 0. The van der Waals surface area contributed by atoms with Crippen molar-refractivity contribution in [3.63, 3.8) is 0 Å². The molecule has 0 unspecified atom stereocenters. The lowest BCUT2D eigenvalue weighted by molar-refractivity contribution is -0.219. The molecular weight excluding hydrogens is 478 g/mol. The van der Waals surface area contributed by atoms with Gasteiger partial charge >= 0.3 is 5.97 Å². The van der Waals surface area contributed by atoms with E-state index in [1.165, 1.54) is 74.5 Å². The van der Waals surface area contributed by atoms with Gasteiger partial charge in [-0.2, -0.15) is 0 Å². The lowest BCUT2D eigenvalue weighted by Crippen LogP contribution is -2.67. The van der Waals surface area contributed by atoms with Gasteiger partial charge in [-0.3, -0.25) is 4.79 Å². The van der Waals surface area contributed by atoms with Crippen LogP contribution in [0.1, 0.15) is 119 Å². The van der Waals surface area contributed by atoms with Gasteiger partial charge in [-0.15, -0.1) is 0 Å². The van der Waals surface area contributed by atoms with Gasteiger partial charge in [0.15, 0.2) is 0 Å². The molecule has 4 saturated carbocycles. The van der Waals surface area contributed by atoms with E-state index >= 15 is 0 Å². The average Bonchev–Trinajstić information content (AvgIpc) is 3.22. The van der Waals surface area contributed by atoms with E-state index in [1.807, 2.05) is 0 Å². The molecule has 0 saturated heterocycles. The van der Waals surface area contributed by atoms with Crippen molar-refractivity contribution in [2.24, 2.45) is 62.9 Å². The molecule has 6 aliphatic carbocycles. The Kier molecular flexibility index (Phi) is 6.29. The number of fused-ring (bicyclic) bond motifs is 7. The molecule has 3 N–H and O–H groups in total. The molecule has 6 rings (SSSR count). The Labute approximate surface area is 238 Å². The van der Waals surface area contributed by atoms with Crippen LogP contribution in [-0.2, 0) is 4.79 Å². The van der Waals surface area contributed by atoms with Crippen molar-refractivity contribution >= 4 is 5.97 Å². The van der Waals surface area contributed by atoms with Crippen LogP contribution in [0.2, 0.25) is 0 Å². The van der Waals surface area contributed by atoms with Crippen LogP contribution in [-0.4, -0.2) is 16.6 Å².